The fourth-order valence-electron chi connectivity index (χ4n) is 8.44. The Morgan fingerprint density at radius 1 is 1.09 bits per heavy atom. The summed E-state index contributed by atoms with van der Waals surface area (Å²) in [5.74, 6) is -1.32. The lowest BCUT2D eigenvalue weighted by molar-refractivity contribution is -0.196. The van der Waals surface area contributed by atoms with Crippen LogP contribution in [0.5, 0.6) is 0 Å². The molecular formula is C27H44O7. The number of carbonyl (C=O) groups is 1. The molecule has 0 aromatic rings. The van der Waals surface area contributed by atoms with E-state index in [0.717, 1.165) is 6.42 Å². The summed E-state index contributed by atoms with van der Waals surface area (Å²) in [6, 6.07) is 0. The van der Waals surface area contributed by atoms with Gasteiger partial charge in [-0.3, -0.25) is 4.79 Å². The van der Waals surface area contributed by atoms with Crippen LogP contribution in [0.25, 0.3) is 0 Å². The van der Waals surface area contributed by atoms with E-state index in [1.54, 1.807) is 6.92 Å². The number of aliphatic hydroxyl groups excluding tert-OH is 4. The molecule has 4 rings (SSSR count). The Balaban J connectivity index is 1.73. The van der Waals surface area contributed by atoms with Crippen LogP contribution < -0.4 is 0 Å². The number of ketones is 1. The molecule has 0 bridgehead atoms. The van der Waals surface area contributed by atoms with E-state index in [-0.39, 0.29) is 25.0 Å². The summed E-state index contributed by atoms with van der Waals surface area (Å²) in [6.45, 7) is 9.52. The number of fused-ring (bicyclic) bond motifs is 5. The van der Waals surface area contributed by atoms with Gasteiger partial charge in [-0.25, -0.2) is 0 Å². The summed E-state index contributed by atoms with van der Waals surface area (Å²) < 4.78 is 0. The molecule has 0 heterocycles. The molecule has 4 aliphatic rings. The van der Waals surface area contributed by atoms with Crippen molar-refractivity contribution in [2.24, 2.45) is 34.5 Å². The highest BCUT2D eigenvalue weighted by Crippen LogP contribution is 2.68. The summed E-state index contributed by atoms with van der Waals surface area (Å²) in [6.07, 6.45) is 0.195. The van der Waals surface area contributed by atoms with E-state index in [9.17, 15) is 35.4 Å². The third kappa shape index (κ3) is 3.57. The van der Waals surface area contributed by atoms with Crippen LogP contribution in [0.3, 0.4) is 0 Å². The lowest BCUT2D eigenvalue weighted by Crippen LogP contribution is -2.66. The summed E-state index contributed by atoms with van der Waals surface area (Å²) in [5, 5.41) is 66.9. The molecule has 0 aliphatic heterocycles. The average Bonchev–Trinajstić information content (AvgIpc) is 2.99. The molecule has 3 fully saturated rings. The Labute approximate surface area is 202 Å². The smallest absolute Gasteiger partial charge is 0.159 e. The molecule has 0 radical (unpaired) electrons. The SMILES string of the molecule is CC(C)CC[C@@H](O)[C@](C)(O)[C@H]1CC[C@@]2(O)C3=CC(=O)C4C[C@@H](O)[C@@H](O)C[C@]4(C)[C@H]3[C@H](O)C[C@]12C. The first kappa shape index (κ1) is 26.2. The van der Waals surface area contributed by atoms with E-state index >= 15 is 0 Å². The highest BCUT2D eigenvalue weighted by atomic mass is 16.3. The molecule has 6 N–H and O–H groups in total. The zero-order chi connectivity index (χ0) is 25.4. The van der Waals surface area contributed by atoms with Crippen molar-refractivity contribution >= 4 is 5.78 Å². The van der Waals surface area contributed by atoms with E-state index in [1.807, 2.05) is 13.8 Å². The number of hydrogen-bond acceptors (Lipinski definition) is 7. The minimum Gasteiger partial charge on any atom is -0.392 e. The second-order valence-electron chi connectivity index (χ2n) is 13.0. The minimum absolute atomic E-state index is 0.137. The van der Waals surface area contributed by atoms with Crippen LogP contribution in [-0.2, 0) is 4.79 Å². The third-order valence-electron chi connectivity index (χ3n) is 10.5. The van der Waals surface area contributed by atoms with Gasteiger partial charge in [-0.1, -0.05) is 27.7 Å². The van der Waals surface area contributed by atoms with Gasteiger partial charge in [-0.05, 0) is 80.8 Å². The number of carbonyl (C=O) groups excluding carboxylic acids is 1. The Hall–Kier alpha value is -0.830. The first-order valence-electron chi connectivity index (χ1n) is 13.0. The van der Waals surface area contributed by atoms with Gasteiger partial charge < -0.3 is 30.6 Å². The molecular weight excluding hydrogens is 436 g/mol. The standard InChI is InChI=1S/C27H44O7/c1-14(2)6-7-22(32)26(5,33)21-8-9-27(34)16-11-17(28)15-10-18(29)19(30)12-24(15,3)23(16)20(31)13-25(21,27)4/h11,14-15,18-23,29-34H,6-10,12-13H2,1-5H3/t15?,18-,19+,20-,21+,22-,23-,24+,25-,26-,27-/m1/s1. The first-order valence-corrected chi connectivity index (χ1v) is 13.0. The Kier molecular flexibility index (Phi) is 6.45. The molecule has 7 nitrogen and oxygen atoms in total. The Bertz CT molecular complexity index is 852. The van der Waals surface area contributed by atoms with E-state index in [1.165, 1.54) is 6.08 Å². The van der Waals surface area contributed by atoms with Crippen molar-refractivity contribution in [3.8, 4) is 0 Å². The van der Waals surface area contributed by atoms with Crippen LogP contribution in [0.4, 0.5) is 0 Å². The second-order valence-corrected chi connectivity index (χ2v) is 13.0. The molecule has 0 saturated heterocycles. The molecule has 0 spiro atoms. The fourth-order valence-corrected chi connectivity index (χ4v) is 8.44. The second kappa shape index (κ2) is 8.35. The van der Waals surface area contributed by atoms with Gasteiger partial charge >= 0.3 is 0 Å². The Morgan fingerprint density at radius 2 is 1.74 bits per heavy atom. The van der Waals surface area contributed by atoms with Crippen LogP contribution in [0, 0.1) is 34.5 Å². The Morgan fingerprint density at radius 3 is 2.35 bits per heavy atom. The van der Waals surface area contributed by atoms with Crippen LogP contribution in [-0.4, -0.2) is 72.0 Å². The predicted octanol–water partition coefficient (Wildman–Crippen LogP) is 1.71. The normalized spacial score (nSPS) is 49.1. The third-order valence-corrected chi connectivity index (χ3v) is 10.5. The monoisotopic (exact) mass is 480 g/mol. The number of hydrogen-bond donors (Lipinski definition) is 6. The summed E-state index contributed by atoms with van der Waals surface area (Å²) >= 11 is 0. The van der Waals surface area contributed by atoms with E-state index in [2.05, 4.69) is 13.8 Å². The molecule has 0 aromatic carbocycles. The van der Waals surface area contributed by atoms with Crippen LogP contribution in [0.15, 0.2) is 11.6 Å². The van der Waals surface area contributed by atoms with Gasteiger partial charge in [0.25, 0.3) is 0 Å². The molecule has 1 unspecified atom stereocenters. The number of allylic oxidation sites excluding steroid dienone is 1. The first-order chi connectivity index (χ1) is 15.6. The van der Waals surface area contributed by atoms with E-state index in [4.69, 9.17) is 0 Å². The highest BCUT2D eigenvalue weighted by Gasteiger charge is 2.71. The quantitative estimate of drug-likeness (QED) is 0.352. The molecule has 194 valence electrons. The molecule has 0 amide bonds. The van der Waals surface area contributed by atoms with Gasteiger partial charge in [-0.2, -0.15) is 0 Å². The van der Waals surface area contributed by atoms with Crippen molar-refractivity contribution in [2.45, 2.75) is 115 Å². The van der Waals surface area contributed by atoms with Crippen molar-refractivity contribution in [3.05, 3.63) is 11.6 Å². The molecule has 34 heavy (non-hydrogen) atoms. The van der Waals surface area contributed by atoms with Crippen LogP contribution in [0.1, 0.15) is 79.6 Å². The van der Waals surface area contributed by atoms with Crippen molar-refractivity contribution in [1.82, 2.24) is 0 Å². The number of rotatable bonds is 5. The predicted molar refractivity (Wildman–Crippen MR) is 127 cm³/mol. The van der Waals surface area contributed by atoms with Gasteiger partial charge in [0.05, 0.1) is 35.6 Å². The maximum Gasteiger partial charge on any atom is 0.159 e. The average molecular weight is 481 g/mol. The summed E-state index contributed by atoms with van der Waals surface area (Å²) in [5.41, 5.74) is -4.09. The molecule has 4 aliphatic carbocycles. The molecule has 3 saturated carbocycles. The summed E-state index contributed by atoms with van der Waals surface area (Å²) in [4.78, 5) is 13.3. The van der Waals surface area contributed by atoms with Crippen LogP contribution in [0.2, 0.25) is 0 Å². The maximum atomic E-state index is 13.3. The largest absolute Gasteiger partial charge is 0.392 e. The highest BCUT2D eigenvalue weighted by molar-refractivity contribution is 5.95. The van der Waals surface area contributed by atoms with Crippen molar-refractivity contribution < 1.29 is 35.4 Å². The molecule has 11 atom stereocenters. The fraction of sp³-hybridized carbons (Fsp3) is 0.889. The van der Waals surface area contributed by atoms with Crippen molar-refractivity contribution in [2.75, 3.05) is 0 Å². The maximum absolute atomic E-state index is 13.3. The lowest BCUT2D eigenvalue weighted by atomic mass is 9.45. The van der Waals surface area contributed by atoms with Gasteiger partial charge in [0.2, 0.25) is 0 Å². The summed E-state index contributed by atoms with van der Waals surface area (Å²) in [7, 11) is 0. The molecule has 7 heteroatoms. The van der Waals surface area contributed by atoms with Crippen LogP contribution >= 0.6 is 0 Å². The van der Waals surface area contributed by atoms with Crippen molar-refractivity contribution in [1.29, 1.82) is 0 Å². The van der Waals surface area contributed by atoms with Gasteiger partial charge in [0.1, 0.15) is 0 Å². The van der Waals surface area contributed by atoms with Crippen molar-refractivity contribution in [3.63, 3.8) is 0 Å². The lowest BCUT2D eigenvalue weighted by Gasteiger charge is -2.62. The molecule has 0 aromatic heterocycles. The number of aliphatic hydroxyl groups is 6. The zero-order valence-corrected chi connectivity index (χ0v) is 21.2. The van der Waals surface area contributed by atoms with E-state index < -0.39 is 64.2 Å². The minimum atomic E-state index is -1.46. The topological polar surface area (TPSA) is 138 Å². The zero-order valence-electron chi connectivity index (χ0n) is 21.2. The van der Waals surface area contributed by atoms with Gasteiger partial charge in [0, 0.05) is 17.3 Å². The van der Waals surface area contributed by atoms with Gasteiger partial charge in [0.15, 0.2) is 5.78 Å². The van der Waals surface area contributed by atoms with E-state index in [0.29, 0.717) is 30.8 Å². The van der Waals surface area contributed by atoms with Gasteiger partial charge in [-0.15, -0.1) is 0 Å².